The molecule has 0 unspecified atom stereocenters. The molecule has 0 spiro atoms. The monoisotopic (exact) mass is 362 g/mol. The summed E-state index contributed by atoms with van der Waals surface area (Å²) < 4.78 is 68.1. The highest BCUT2D eigenvalue weighted by atomic mass is 79.9. The summed E-state index contributed by atoms with van der Waals surface area (Å²) in [6.45, 7) is -3.34. The minimum absolute atomic E-state index is 0.0466. The predicted octanol–water partition coefficient (Wildman–Crippen LogP) is 4.15. The Hall–Kier alpha value is -1.38. The average molecular weight is 363 g/mol. The Morgan fingerprint density at radius 1 is 1.25 bits per heavy atom. The summed E-state index contributed by atoms with van der Waals surface area (Å²) in [5, 5.41) is 0.331. The first-order valence-electron chi connectivity index (χ1n) is 5.16. The summed E-state index contributed by atoms with van der Waals surface area (Å²) >= 11 is 3.01. The molecule has 0 bridgehead atoms. The summed E-state index contributed by atoms with van der Waals surface area (Å²) in [5.41, 5.74) is -0.0466. The molecular formula is C11H8BrF5O3. The molecule has 0 saturated heterocycles. The lowest BCUT2D eigenvalue weighted by Crippen LogP contribution is -2.18. The van der Waals surface area contributed by atoms with E-state index < -0.39 is 30.3 Å². The van der Waals surface area contributed by atoms with Gasteiger partial charge in [-0.3, -0.25) is 4.79 Å². The second kappa shape index (κ2) is 6.87. The highest BCUT2D eigenvalue weighted by Gasteiger charge is 2.33. The topological polar surface area (TPSA) is 35.5 Å². The lowest BCUT2D eigenvalue weighted by atomic mass is 10.1. The molecule has 20 heavy (non-hydrogen) atoms. The maximum absolute atomic E-state index is 12.2. The Labute approximate surface area is 118 Å². The van der Waals surface area contributed by atoms with Gasteiger partial charge in [-0.1, -0.05) is 15.9 Å². The third kappa shape index (κ3) is 5.32. The Morgan fingerprint density at radius 2 is 1.90 bits per heavy atom. The van der Waals surface area contributed by atoms with E-state index in [0.29, 0.717) is 5.33 Å². The smallest absolute Gasteiger partial charge is 0.431 e. The van der Waals surface area contributed by atoms with Gasteiger partial charge in [0.2, 0.25) is 0 Å². The molecule has 112 valence electrons. The minimum Gasteiger partial charge on any atom is -0.431 e. The standard InChI is InChI=1S/C11H8BrF5O3/c12-4-3-7(18)6-1-2-8(20-11(15,16)17)9(5-6)19-10(13)14/h1-2,5,10H,3-4H2. The molecule has 9 heteroatoms. The van der Waals surface area contributed by atoms with Gasteiger partial charge in [-0.25, -0.2) is 0 Å². The number of rotatable bonds is 6. The third-order valence-corrected chi connectivity index (χ3v) is 2.43. The Balaban J connectivity index is 3.09. The van der Waals surface area contributed by atoms with Gasteiger partial charge in [-0.2, -0.15) is 8.78 Å². The number of halogens is 6. The quantitative estimate of drug-likeness (QED) is 0.433. The van der Waals surface area contributed by atoms with Gasteiger partial charge in [0, 0.05) is 17.3 Å². The van der Waals surface area contributed by atoms with Crippen LogP contribution in [-0.4, -0.2) is 24.1 Å². The molecule has 0 amide bonds. The molecule has 0 atom stereocenters. The third-order valence-electron chi connectivity index (χ3n) is 2.03. The van der Waals surface area contributed by atoms with Gasteiger partial charge in [0.05, 0.1) is 0 Å². The van der Waals surface area contributed by atoms with Crippen LogP contribution in [0.25, 0.3) is 0 Å². The number of carbonyl (C=O) groups is 1. The predicted molar refractivity (Wildman–Crippen MR) is 62.5 cm³/mol. The Bertz CT molecular complexity index is 476. The van der Waals surface area contributed by atoms with Crippen molar-refractivity contribution in [2.24, 2.45) is 0 Å². The van der Waals surface area contributed by atoms with E-state index in [4.69, 9.17) is 0 Å². The van der Waals surface area contributed by atoms with Gasteiger partial charge in [-0.05, 0) is 18.2 Å². The van der Waals surface area contributed by atoms with Crippen molar-refractivity contribution in [2.45, 2.75) is 19.4 Å². The average Bonchev–Trinajstić information content (AvgIpc) is 2.29. The van der Waals surface area contributed by atoms with E-state index >= 15 is 0 Å². The fourth-order valence-corrected chi connectivity index (χ4v) is 1.67. The van der Waals surface area contributed by atoms with E-state index in [1.54, 1.807) is 0 Å². The van der Waals surface area contributed by atoms with Crippen LogP contribution in [-0.2, 0) is 0 Å². The van der Waals surface area contributed by atoms with Crippen LogP contribution in [0.2, 0.25) is 0 Å². The van der Waals surface area contributed by atoms with Gasteiger partial charge in [0.1, 0.15) is 0 Å². The van der Waals surface area contributed by atoms with Crippen molar-refractivity contribution in [3.63, 3.8) is 0 Å². The number of hydrogen-bond donors (Lipinski definition) is 0. The molecule has 1 aromatic rings. The maximum Gasteiger partial charge on any atom is 0.573 e. The molecule has 1 rings (SSSR count). The van der Waals surface area contributed by atoms with Crippen LogP contribution in [0.1, 0.15) is 16.8 Å². The largest absolute Gasteiger partial charge is 0.573 e. The second-order valence-corrected chi connectivity index (χ2v) is 4.24. The van der Waals surface area contributed by atoms with Crippen molar-refractivity contribution in [2.75, 3.05) is 5.33 Å². The van der Waals surface area contributed by atoms with Crippen LogP contribution >= 0.6 is 15.9 Å². The molecule has 0 aliphatic carbocycles. The molecule has 0 N–H and O–H groups in total. The number of benzene rings is 1. The van der Waals surface area contributed by atoms with E-state index in [2.05, 4.69) is 25.4 Å². The zero-order valence-corrected chi connectivity index (χ0v) is 11.3. The van der Waals surface area contributed by atoms with Gasteiger partial charge in [-0.15, -0.1) is 13.2 Å². The normalized spacial score (nSPS) is 11.6. The summed E-state index contributed by atoms with van der Waals surface area (Å²) in [6, 6.07) is 2.59. The maximum atomic E-state index is 12.2. The zero-order valence-electron chi connectivity index (χ0n) is 9.72. The second-order valence-electron chi connectivity index (χ2n) is 3.45. The van der Waals surface area contributed by atoms with Crippen LogP contribution in [0.4, 0.5) is 22.0 Å². The first kappa shape index (κ1) is 16.7. The lowest BCUT2D eigenvalue weighted by molar-refractivity contribution is -0.275. The lowest BCUT2D eigenvalue weighted by Gasteiger charge is -2.14. The molecular weight excluding hydrogens is 355 g/mol. The van der Waals surface area contributed by atoms with Crippen LogP contribution < -0.4 is 9.47 Å². The molecule has 0 aliphatic rings. The van der Waals surface area contributed by atoms with Crippen LogP contribution in [0.3, 0.4) is 0 Å². The number of ketones is 1. The minimum atomic E-state index is -5.05. The number of ether oxygens (including phenoxy) is 2. The van der Waals surface area contributed by atoms with E-state index in [9.17, 15) is 26.7 Å². The molecule has 0 aliphatic heterocycles. The Kier molecular flexibility index (Phi) is 5.73. The highest BCUT2D eigenvalue weighted by molar-refractivity contribution is 9.09. The summed E-state index contributed by atoms with van der Waals surface area (Å²) in [5.74, 6) is -2.22. The van der Waals surface area contributed by atoms with Crippen molar-refractivity contribution in [1.29, 1.82) is 0 Å². The van der Waals surface area contributed by atoms with Crippen LogP contribution in [0.15, 0.2) is 18.2 Å². The van der Waals surface area contributed by atoms with Crippen molar-refractivity contribution in [1.82, 2.24) is 0 Å². The fourth-order valence-electron chi connectivity index (χ4n) is 1.31. The molecule has 1 aromatic carbocycles. The summed E-state index contributed by atoms with van der Waals surface area (Å²) in [7, 11) is 0. The first-order chi connectivity index (χ1) is 9.23. The van der Waals surface area contributed by atoms with Gasteiger partial charge < -0.3 is 9.47 Å². The SMILES string of the molecule is O=C(CCBr)c1ccc(OC(F)(F)F)c(OC(F)F)c1. The molecule has 0 heterocycles. The molecule has 0 aromatic heterocycles. The number of Topliss-reactive ketones (excluding diaryl/α,β-unsaturated/α-hetero) is 1. The highest BCUT2D eigenvalue weighted by Crippen LogP contribution is 2.34. The van der Waals surface area contributed by atoms with E-state index in [1.165, 1.54) is 0 Å². The zero-order chi connectivity index (χ0) is 15.3. The van der Waals surface area contributed by atoms with Crippen LogP contribution in [0, 0.1) is 0 Å². The number of hydrogen-bond acceptors (Lipinski definition) is 3. The van der Waals surface area contributed by atoms with E-state index in [1.807, 2.05) is 0 Å². The summed E-state index contributed by atoms with van der Waals surface area (Å²) in [4.78, 5) is 11.5. The summed E-state index contributed by atoms with van der Waals surface area (Å²) in [6.07, 6.45) is -4.99. The number of carbonyl (C=O) groups excluding carboxylic acids is 1. The van der Waals surface area contributed by atoms with E-state index in [0.717, 1.165) is 18.2 Å². The fraction of sp³-hybridized carbons (Fsp3) is 0.364. The molecule has 0 saturated carbocycles. The number of alkyl halides is 6. The first-order valence-corrected chi connectivity index (χ1v) is 6.29. The van der Waals surface area contributed by atoms with Crippen molar-refractivity contribution < 1.29 is 36.2 Å². The Morgan fingerprint density at radius 3 is 2.40 bits per heavy atom. The van der Waals surface area contributed by atoms with Gasteiger partial charge in [0.15, 0.2) is 17.3 Å². The van der Waals surface area contributed by atoms with Gasteiger partial charge >= 0.3 is 13.0 Å². The van der Waals surface area contributed by atoms with Crippen LogP contribution in [0.5, 0.6) is 11.5 Å². The molecule has 0 radical (unpaired) electrons. The van der Waals surface area contributed by atoms with Crippen molar-refractivity contribution >= 4 is 21.7 Å². The van der Waals surface area contributed by atoms with Crippen molar-refractivity contribution in [3.05, 3.63) is 23.8 Å². The molecule has 3 nitrogen and oxygen atoms in total. The van der Waals surface area contributed by atoms with Crippen molar-refractivity contribution in [3.8, 4) is 11.5 Å². The van der Waals surface area contributed by atoms with E-state index in [-0.39, 0.29) is 12.0 Å². The van der Waals surface area contributed by atoms with Gasteiger partial charge in [0.25, 0.3) is 0 Å². The molecule has 0 fully saturated rings.